The molecule has 5 heteroatoms. The molecule has 2 rings (SSSR count). The van der Waals surface area contributed by atoms with Crippen molar-refractivity contribution in [3.05, 3.63) is 65.5 Å². The van der Waals surface area contributed by atoms with Crippen molar-refractivity contribution < 1.29 is 19.0 Å². The third-order valence-electron chi connectivity index (χ3n) is 2.69. The summed E-state index contributed by atoms with van der Waals surface area (Å²) >= 11 is 0. The molecule has 0 spiro atoms. The molecule has 0 saturated carbocycles. The van der Waals surface area contributed by atoms with Crippen LogP contribution in [0.4, 0.5) is 14.9 Å². The van der Waals surface area contributed by atoms with Crippen molar-refractivity contribution >= 4 is 11.8 Å². The summed E-state index contributed by atoms with van der Waals surface area (Å²) < 4.78 is 18.0. The second-order valence-corrected chi connectivity index (χ2v) is 4.15. The zero-order valence-electron chi connectivity index (χ0n) is 10.7. The van der Waals surface area contributed by atoms with Gasteiger partial charge < -0.3 is 9.84 Å². The number of halogens is 1. The number of ether oxygens (including phenoxy) is 1. The topological polar surface area (TPSA) is 58.6 Å². The van der Waals surface area contributed by atoms with Crippen LogP contribution >= 0.6 is 0 Å². The van der Waals surface area contributed by atoms with Crippen molar-refractivity contribution in [2.75, 3.05) is 5.32 Å². The molecule has 2 aromatic rings. The highest BCUT2D eigenvalue weighted by atomic mass is 19.1. The fraction of sp³-hybridized carbons (Fsp3) is 0.133. The lowest BCUT2D eigenvalue weighted by Gasteiger charge is -2.10. The van der Waals surface area contributed by atoms with E-state index in [0.717, 1.165) is 11.6 Å². The van der Waals surface area contributed by atoms with Crippen LogP contribution in [0.15, 0.2) is 48.5 Å². The van der Waals surface area contributed by atoms with Crippen molar-refractivity contribution in [2.24, 2.45) is 0 Å². The summed E-state index contributed by atoms with van der Waals surface area (Å²) in [6.07, 6.45) is -0.657. The number of carbonyl (C=O) groups excluding carboxylic acids is 1. The number of aliphatic hydroxyl groups excluding tert-OH is 1. The normalized spacial score (nSPS) is 10.1. The predicted molar refractivity (Wildman–Crippen MR) is 72.6 cm³/mol. The van der Waals surface area contributed by atoms with E-state index in [0.29, 0.717) is 11.3 Å². The van der Waals surface area contributed by atoms with Gasteiger partial charge in [-0.2, -0.15) is 0 Å². The molecule has 0 bridgehead atoms. The van der Waals surface area contributed by atoms with Crippen molar-refractivity contribution in [2.45, 2.75) is 13.2 Å². The van der Waals surface area contributed by atoms with Gasteiger partial charge in [0.2, 0.25) is 0 Å². The van der Waals surface area contributed by atoms with Gasteiger partial charge in [0, 0.05) is 11.3 Å². The average molecular weight is 275 g/mol. The number of hydrogen-bond acceptors (Lipinski definition) is 3. The number of rotatable bonds is 4. The van der Waals surface area contributed by atoms with Gasteiger partial charge in [0.15, 0.2) is 0 Å². The van der Waals surface area contributed by atoms with E-state index in [-0.39, 0.29) is 13.2 Å². The van der Waals surface area contributed by atoms with Gasteiger partial charge in [0.05, 0.1) is 6.61 Å². The standard InChI is InChI=1S/C15H14FNO3/c16-13-6-7-14(12(8-13)9-18)17-15(19)20-10-11-4-2-1-3-5-11/h1-8,18H,9-10H2,(H,17,19). The van der Waals surface area contributed by atoms with Crippen LogP contribution in [0.1, 0.15) is 11.1 Å². The minimum atomic E-state index is -0.657. The molecule has 4 nitrogen and oxygen atoms in total. The molecule has 0 heterocycles. The Bertz CT molecular complexity index is 587. The van der Waals surface area contributed by atoms with E-state index in [1.165, 1.54) is 12.1 Å². The van der Waals surface area contributed by atoms with E-state index in [1.807, 2.05) is 30.3 Å². The van der Waals surface area contributed by atoms with Gasteiger partial charge in [-0.05, 0) is 23.8 Å². The lowest BCUT2D eigenvalue weighted by atomic mass is 10.2. The van der Waals surface area contributed by atoms with Crippen LogP contribution in [0, 0.1) is 5.82 Å². The monoisotopic (exact) mass is 275 g/mol. The van der Waals surface area contributed by atoms with Crippen molar-refractivity contribution in [3.63, 3.8) is 0 Å². The van der Waals surface area contributed by atoms with E-state index in [9.17, 15) is 9.18 Å². The summed E-state index contributed by atoms with van der Waals surface area (Å²) in [5, 5.41) is 11.6. The van der Waals surface area contributed by atoms with Crippen molar-refractivity contribution in [1.29, 1.82) is 0 Å². The molecule has 0 aromatic heterocycles. The minimum absolute atomic E-state index is 0.141. The first-order valence-corrected chi connectivity index (χ1v) is 6.06. The van der Waals surface area contributed by atoms with Crippen LogP contribution < -0.4 is 5.32 Å². The van der Waals surface area contributed by atoms with E-state index >= 15 is 0 Å². The molecule has 0 aliphatic carbocycles. The summed E-state index contributed by atoms with van der Waals surface area (Å²) in [5.74, 6) is -0.475. The zero-order chi connectivity index (χ0) is 14.4. The third kappa shape index (κ3) is 3.80. The van der Waals surface area contributed by atoms with Gasteiger partial charge in [0.25, 0.3) is 0 Å². The van der Waals surface area contributed by atoms with Gasteiger partial charge in [-0.25, -0.2) is 9.18 Å². The number of benzene rings is 2. The summed E-state index contributed by atoms with van der Waals surface area (Å²) in [4.78, 5) is 11.6. The van der Waals surface area contributed by atoms with Crippen molar-refractivity contribution in [1.82, 2.24) is 0 Å². The van der Waals surface area contributed by atoms with Crippen LogP contribution in [-0.4, -0.2) is 11.2 Å². The molecule has 0 fully saturated rings. The Balaban J connectivity index is 1.95. The second-order valence-electron chi connectivity index (χ2n) is 4.15. The molecule has 0 saturated heterocycles. The largest absolute Gasteiger partial charge is 0.444 e. The van der Waals surface area contributed by atoms with Gasteiger partial charge >= 0.3 is 6.09 Å². The number of anilines is 1. The summed E-state index contributed by atoms with van der Waals surface area (Å²) in [6, 6.07) is 13.0. The molecule has 104 valence electrons. The highest BCUT2D eigenvalue weighted by molar-refractivity contribution is 5.85. The number of aliphatic hydroxyl groups is 1. The lowest BCUT2D eigenvalue weighted by Crippen LogP contribution is -2.15. The Hall–Kier alpha value is -2.40. The summed E-state index contributed by atoms with van der Waals surface area (Å²) in [5.41, 5.74) is 1.48. The summed E-state index contributed by atoms with van der Waals surface area (Å²) in [7, 11) is 0. The number of amides is 1. The fourth-order valence-electron chi connectivity index (χ4n) is 1.68. The van der Waals surface area contributed by atoms with Crippen molar-refractivity contribution in [3.8, 4) is 0 Å². The zero-order valence-corrected chi connectivity index (χ0v) is 10.7. The van der Waals surface area contributed by atoms with Gasteiger partial charge in [-0.15, -0.1) is 0 Å². The highest BCUT2D eigenvalue weighted by Crippen LogP contribution is 2.17. The molecular weight excluding hydrogens is 261 g/mol. The summed E-state index contributed by atoms with van der Waals surface area (Å²) in [6.45, 7) is -0.228. The second kappa shape index (κ2) is 6.68. The highest BCUT2D eigenvalue weighted by Gasteiger charge is 2.08. The maximum Gasteiger partial charge on any atom is 0.411 e. The van der Waals surface area contributed by atoms with Crippen LogP contribution in [0.25, 0.3) is 0 Å². The fourth-order valence-corrected chi connectivity index (χ4v) is 1.68. The van der Waals surface area contributed by atoms with Gasteiger partial charge in [-0.3, -0.25) is 5.32 Å². The maximum absolute atomic E-state index is 13.0. The molecule has 20 heavy (non-hydrogen) atoms. The maximum atomic E-state index is 13.0. The minimum Gasteiger partial charge on any atom is -0.444 e. The predicted octanol–water partition coefficient (Wildman–Crippen LogP) is 3.07. The molecule has 0 aliphatic heterocycles. The molecule has 0 unspecified atom stereocenters. The van der Waals surface area contributed by atoms with Crippen LogP contribution in [0.2, 0.25) is 0 Å². The number of carbonyl (C=O) groups is 1. The molecule has 1 amide bonds. The number of hydrogen-bond donors (Lipinski definition) is 2. The molecule has 0 aliphatic rings. The van der Waals surface area contributed by atoms with E-state index in [1.54, 1.807) is 0 Å². The Kier molecular flexibility index (Phi) is 4.68. The van der Waals surface area contributed by atoms with Crippen LogP contribution in [0.5, 0.6) is 0 Å². The lowest BCUT2D eigenvalue weighted by molar-refractivity contribution is 0.155. The molecular formula is C15H14FNO3. The SMILES string of the molecule is O=C(Nc1ccc(F)cc1CO)OCc1ccccc1. The van der Waals surface area contributed by atoms with Gasteiger partial charge in [-0.1, -0.05) is 30.3 Å². The Morgan fingerprint density at radius 1 is 1.20 bits per heavy atom. The third-order valence-corrected chi connectivity index (χ3v) is 2.69. The Morgan fingerprint density at radius 3 is 2.65 bits per heavy atom. The number of nitrogens with one attached hydrogen (secondary N) is 1. The molecule has 2 N–H and O–H groups in total. The molecule has 2 aromatic carbocycles. The smallest absolute Gasteiger partial charge is 0.411 e. The first kappa shape index (κ1) is 14.0. The Labute approximate surface area is 115 Å². The average Bonchev–Trinajstić information content (AvgIpc) is 2.48. The van der Waals surface area contributed by atoms with E-state index in [2.05, 4.69) is 5.32 Å². The first-order chi connectivity index (χ1) is 9.69. The van der Waals surface area contributed by atoms with E-state index < -0.39 is 11.9 Å². The Morgan fingerprint density at radius 2 is 1.95 bits per heavy atom. The first-order valence-electron chi connectivity index (χ1n) is 6.06. The van der Waals surface area contributed by atoms with Gasteiger partial charge in [0.1, 0.15) is 12.4 Å². The molecule has 0 atom stereocenters. The van der Waals surface area contributed by atoms with Crippen LogP contribution in [0.3, 0.4) is 0 Å². The van der Waals surface area contributed by atoms with Crippen LogP contribution in [-0.2, 0) is 18.0 Å². The van der Waals surface area contributed by atoms with E-state index in [4.69, 9.17) is 9.84 Å². The molecule has 0 radical (unpaired) electrons. The quantitative estimate of drug-likeness (QED) is 0.901.